The molecule has 1 atom stereocenters. The van der Waals surface area contributed by atoms with Gasteiger partial charge < -0.3 is 4.90 Å². The van der Waals surface area contributed by atoms with Gasteiger partial charge in [-0.15, -0.1) is 11.3 Å². The van der Waals surface area contributed by atoms with Crippen molar-refractivity contribution in [2.24, 2.45) is 0 Å². The summed E-state index contributed by atoms with van der Waals surface area (Å²) in [5.74, 6) is 0.247. The Morgan fingerprint density at radius 2 is 1.85 bits per heavy atom. The zero-order valence-corrected chi connectivity index (χ0v) is 15.8. The number of hydrogen-bond acceptors (Lipinski definition) is 2. The van der Waals surface area contributed by atoms with Crippen molar-refractivity contribution in [2.45, 2.75) is 32.2 Å². The minimum atomic E-state index is 0.0499. The molecule has 3 aromatic rings. The molecule has 0 bridgehead atoms. The predicted molar refractivity (Wildman–Crippen MR) is 108 cm³/mol. The fourth-order valence-electron chi connectivity index (χ4n) is 3.73. The normalized spacial score (nSPS) is 16.3. The third-order valence-electron chi connectivity index (χ3n) is 5.15. The highest BCUT2D eigenvalue weighted by Crippen LogP contribution is 2.38. The number of carbonyl (C=O) groups is 1. The summed E-state index contributed by atoms with van der Waals surface area (Å²) in [6.45, 7) is 2.91. The number of aryl methyl sites for hydroxylation is 2. The number of rotatable bonds is 4. The number of fused-ring (bicyclic) bond motifs is 1. The summed E-state index contributed by atoms with van der Waals surface area (Å²) in [5.41, 5.74) is 4.99. The second-order valence-electron chi connectivity index (χ2n) is 6.94. The molecule has 0 N–H and O–H groups in total. The van der Waals surface area contributed by atoms with Crippen molar-refractivity contribution in [1.29, 1.82) is 0 Å². The lowest BCUT2D eigenvalue weighted by molar-refractivity contribution is -0.133. The third kappa shape index (κ3) is 3.45. The average molecular weight is 362 g/mol. The third-order valence-corrected chi connectivity index (χ3v) is 6.15. The van der Waals surface area contributed by atoms with E-state index in [1.54, 1.807) is 0 Å². The molecule has 0 saturated heterocycles. The van der Waals surface area contributed by atoms with Crippen molar-refractivity contribution in [3.05, 3.63) is 93.2 Å². The molecular formula is C23H23NOS. The van der Waals surface area contributed by atoms with Crippen molar-refractivity contribution < 1.29 is 4.79 Å². The first-order chi connectivity index (χ1) is 12.7. The standard InChI is InChI=1S/C23H23NOS/c1-17-7-10-19(11-8-17)23-20-14-16-26-21(20)13-15-24(23)22(25)12-9-18-5-3-2-4-6-18/h2-8,10-11,14,16,23H,9,12-13,15H2,1H3/t23-/m1/s1. The van der Waals surface area contributed by atoms with Gasteiger partial charge in [0.2, 0.25) is 5.91 Å². The van der Waals surface area contributed by atoms with Crippen LogP contribution in [0.3, 0.4) is 0 Å². The van der Waals surface area contributed by atoms with Crippen LogP contribution >= 0.6 is 11.3 Å². The molecule has 2 heterocycles. The van der Waals surface area contributed by atoms with Crippen LogP contribution in [0.5, 0.6) is 0 Å². The van der Waals surface area contributed by atoms with Crippen molar-refractivity contribution >= 4 is 17.2 Å². The summed E-state index contributed by atoms with van der Waals surface area (Å²) in [6.07, 6.45) is 2.32. The van der Waals surface area contributed by atoms with Gasteiger partial charge in [0, 0.05) is 17.8 Å². The van der Waals surface area contributed by atoms with Gasteiger partial charge in [-0.25, -0.2) is 0 Å². The summed E-state index contributed by atoms with van der Waals surface area (Å²) in [6, 6.07) is 21.1. The molecule has 4 rings (SSSR count). The Balaban J connectivity index is 1.59. The van der Waals surface area contributed by atoms with Gasteiger partial charge in [-0.3, -0.25) is 4.79 Å². The minimum absolute atomic E-state index is 0.0499. The minimum Gasteiger partial charge on any atom is -0.331 e. The molecule has 1 aliphatic heterocycles. The van der Waals surface area contributed by atoms with E-state index in [0.717, 1.165) is 19.4 Å². The highest BCUT2D eigenvalue weighted by atomic mass is 32.1. The van der Waals surface area contributed by atoms with Gasteiger partial charge in [0.1, 0.15) is 0 Å². The second-order valence-corrected chi connectivity index (χ2v) is 7.94. The smallest absolute Gasteiger partial charge is 0.223 e. The maximum atomic E-state index is 13.1. The molecule has 0 spiro atoms. The monoisotopic (exact) mass is 361 g/mol. The lowest BCUT2D eigenvalue weighted by Crippen LogP contribution is -2.40. The van der Waals surface area contributed by atoms with E-state index in [2.05, 4.69) is 59.7 Å². The molecular weight excluding hydrogens is 338 g/mol. The van der Waals surface area contributed by atoms with E-state index in [1.165, 1.54) is 27.1 Å². The summed E-state index contributed by atoms with van der Waals surface area (Å²) < 4.78 is 0. The van der Waals surface area contributed by atoms with Crippen LogP contribution < -0.4 is 0 Å². The van der Waals surface area contributed by atoms with Crippen LogP contribution in [0.25, 0.3) is 0 Å². The van der Waals surface area contributed by atoms with Crippen LogP contribution in [0, 0.1) is 6.92 Å². The molecule has 3 heteroatoms. The van der Waals surface area contributed by atoms with Crippen LogP contribution in [0.4, 0.5) is 0 Å². The van der Waals surface area contributed by atoms with Crippen LogP contribution in [0.1, 0.15) is 39.6 Å². The molecule has 1 aliphatic rings. The Kier molecular flexibility index (Phi) is 4.89. The predicted octanol–water partition coefficient (Wildman–Crippen LogP) is 5.16. The number of amides is 1. The SMILES string of the molecule is Cc1ccc([C@@H]2c3ccsc3CCN2C(=O)CCc2ccccc2)cc1. The van der Waals surface area contributed by atoms with Gasteiger partial charge in [-0.1, -0.05) is 60.2 Å². The molecule has 26 heavy (non-hydrogen) atoms. The number of benzene rings is 2. The Bertz CT molecular complexity index is 882. The van der Waals surface area contributed by atoms with Crippen LogP contribution in [-0.4, -0.2) is 17.4 Å². The molecule has 0 unspecified atom stereocenters. The summed E-state index contributed by atoms with van der Waals surface area (Å²) in [5, 5.41) is 2.16. The first-order valence-electron chi connectivity index (χ1n) is 9.18. The molecule has 2 aromatic carbocycles. The van der Waals surface area contributed by atoms with E-state index in [9.17, 15) is 4.79 Å². The van der Waals surface area contributed by atoms with Gasteiger partial charge >= 0.3 is 0 Å². The number of nitrogens with zero attached hydrogens (tertiary/aromatic N) is 1. The maximum absolute atomic E-state index is 13.1. The molecule has 132 valence electrons. The molecule has 0 saturated carbocycles. The van der Waals surface area contributed by atoms with E-state index in [4.69, 9.17) is 0 Å². The van der Waals surface area contributed by atoms with Crippen molar-refractivity contribution in [2.75, 3.05) is 6.54 Å². The highest BCUT2D eigenvalue weighted by molar-refractivity contribution is 7.10. The van der Waals surface area contributed by atoms with Gasteiger partial charge in [0.05, 0.1) is 6.04 Å². The van der Waals surface area contributed by atoms with E-state index in [0.29, 0.717) is 6.42 Å². The van der Waals surface area contributed by atoms with Gasteiger partial charge in [-0.2, -0.15) is 0 Å². The Hall–Kier alpha value is -2.39. The Morgan fingerprint density at radius 3 is 2.62 bits per heavy atom. The topological polar surface area (TPSA) is 20.3 Å². The number of carbonyl (C=O) groups excluding carboxylic acids is 1. The second kappa shape index (κ2) is 7.46. The van der Waals surface area contributed by atoms with Crippen LogP contribution in [0.15, 0.2) is 66.0 Å². The largest absolute Gasteiger partial charge is 0.331 e. The van der Waals surface area contributed by atoms with Crippen molar-refractivity contribution in [3.8, 4) is 0 Å². The zero-order valence-electron chi connectivity index (χ0n) is 15.0. The molecule has 1 aromatic heterocycles. The van der Waals surface area contributed by atoms with Crippen LogP contribution in [-0.2, 0) is 17.6 Å². The van der Waals surface area contributed by atoms with Crippen LogP contribution in [0.2, 0.25) is 0 Å². The van der Waals surface area contributed by atoms with Crippen molar-refractivity contribution in [3.63, 3.8) is 0 Å². The molecule has 0 radical (unpaired) electrons. The Labute approximate surface area is 159 Å². The van der Waals surface area contributed by atoms with E-state index >= 15 is 0 Å². The highest BCUT2D eigenvalue weighted by Gasteiger charge is 2.32. The average Bonchev–Trinajstić information content (AvgIpc) is 3.16. The molecule has 0 fully saturated rings. The van der Waals surface area contributed by atoms with E-state index < -0.39 is 0 Å². The van der Waals surface area contributed by atoms with Crippen molar-refractivity contribution in [1.82, 2.24) is 4.90 Å². The molecule has 1 amide bonds. The summed E-state index contributed by atoms with van der Waals surface area (Å²) in [4.78, 5) is 16.6. The quantitative estimate of drug-likeness (QED) is 0.628. The first kappa shape index (κ1) is 17.0. The lowest BCUT2D eigenvalue weighted by atomic mass is 9.92. The molecule has 2 nitrogen and oxygen atoms in total. The van der Waals surface area contributed by atoms with Gasteiger partial charge in [0.15, 0.2) is 0 Å². The maximum Gasteiger partial charge on any atom is 0.223 e. The fraction of sp³-hybridized carbons (Fsp3) is 0.261. The van der Waals surface area contributed by atoms with E-state index in [1.807, 2.05) is 29.5 Å². The Morgan fingerprint density at radius 1 is 1.08 bits per heavy atom. The number of thiophene rings is 1. The van der Waals surface area contributed by atoms with Gasteiger partial charge in [-0.05, 0) is 47.9 Å². The van der Waals surface area contributed by atoms with Gasteiger partial charge in [0.25, 0.3) is 0 Å². The zero-order chi connectivity index (χ0) is 17.9. The molecule has 0 aliphatic carbocycles. The summed E-state index contributed by atoms with van der Waals surface area (Å²) in [7, 11) is 0. The van der Waals surface area contributed by atoms with E-state index in [-0.39, 0.29) is 11.9 Å². The summed E-state index contributed by atoms with van der Waals surface area (Å²) >= 11 is 1.81. The fourth-order valence-corrected chi connectivity index (χ4v) is 4.64. The first-order valence-corrected chi connectivity index (χ1v) is 10.1. The lowest BCUT2D eigenvalue weighted by Gasteiger charge is -2.36. The number of hydrogen-bond donors (Lipinski definition) is 0.